The molecule has 0 aromatic heterocycles. The standard InChI is InChI=1S/C20H24Cl2N2O4/c1-12(23-11-18(25)13-4-3-5-15(21)6-13)10-24-17-9-19(28-2)14(7-16(17)22)8-20(26)27/h3-7,9,12,18,23-25H,8,10-11H2,1-2H3,(H,26,27)/t12-,18+/m1/s1. The van der Waals surface area contributed by atoms with E-state index in [1.165, 1.54) is 7.11 Å². The summed E-state index contributed by atoms with van der Waals surface area (Å²) in [6.07, 6.45) is -0.831. The molecule has 2 atom stereocenters. The molecule has 8 heteroatoms. The second-order valence-corrected chi connectivity index (χ2v) is 7.32. The highest BCUT2D eigenvalue weighted by Gasteiger charge is 2.14. The number of ether oxygens (including phenoxy) is 1. The molecule has 4 N–H and O–H groups in total. The molecule has 0 heterocycles. The number of benzene rings is 2. The largest absolute Gasteiger partial charge is 0.496 e. The number of halogens is 2. The predicted octanol–water partition coefficient (Wildman–Crippen LogP) is 3.75. The summed E-state index contributed by atoms with van der Waals surface area (Å²) in [6.45, 7) is 2.89. The first-order valence-corrected chi connectivity index (χ1v) is 9.54. The van der Waals surface area contributed by atoms with Crippen LogP contribution in [-0.4, -0.2) is 42.4 Å². The van der Waals surface area contributed by atoms with Crippen LogP contribution in [0.5, 0.6) is 5.75 Å². The summed E-state index contributed by atoms with van der Waals surface area (Å²) < 4.78 is 5.26. The molecule has 2 rings (SSSR count). The van der Waals surface area contributed by atoms with E-state index in [0.717, 1.165) is 5.56 Å². The number of anilines is 1. The summed E-state index contributed by atoms with van der Waals surface area (Å²) in [4.78, 5) is 10.9. The first kappa shape index (κ1) is 22.3. The van der Waals surface area contributed by atoms with E-state index in [-0.39, 0.29) is 12.5 Å². The lowest BCUT2D eigenvalue weighted by atomic mass is 10.1. The highest BCUT2D eigenvalue weighted by atomic mass is 35.5. The molecule has 0 saturated carbocycles. The Balaban J connectivity index is 1.91. The second kappa shape index (κ2) is 10.5. The number of hydrogen-bond acceptors (Lipinski definition) is 5. The summed E-state index contributed by atoms with van der Waals surface area (Å²) >= 11 is 12.2. The van der Waals surface area contributed by atoms with Gasteiger partial charge in [0.05, 0.1) is 30.3 Å². The number of carboxylic acid groups (broad SMARTS) is 1. The molecule has 0 aliphatic rings. The van der Waals surface area contributed by atoms with Crippen molar-refractivity contribution in [1.29, 1.82) is 0 Å². The van der Waals surface area contributed by atoms with Crippen molar-refractivity contribution in [2.24, 2.45) is 0 Å². The lowest BCUT2D eigenvalue weighted by Crippen LogP contribution is -2.35. The van der Waals surface area contributed by atoms with Gasteiger partial charge in [-0.1, -0.05) is 35.3 Å². The highest BCUT2D eigenvalue weighted by Crippen LogP contribution is 2.31. The van der Waals surface area contributed by atoms with Gasteiger partial charge in [0, 0.05) is 35.8 Å². The van der Waals surface area contributed by atoms with Crippen molar-refractivity contribution in [2.75, 3.05) is 25.5 Å². The molecular weight excluding hydrogens is 403 g/mol. The zero-order valence-electron chi connectivity index (χ0n) is 15.7. The maximum absolute atomic E-state index is 10.9. The molecule has 2 aromatic carbocycles. The molecule has 6 nitrogen and oxygen atoms in total. The second-order valence-electron chi connectivity index (χ2n) is 6.48. The fourth-order valence-corrected chi connectivity index (χ4v) is 3.15. The van der Waals surface area contributed by atoms with Crippen LogP contribution in [0, 0.1) is 0 Å². The van der Waals surface area contributed by atoms with E-state index in [1.807, 2.05) is 13.0 Å². The fraction of sp³-hybridized carbons (Fsp3) is 0.350. The minimum Gasteiger partial charge on any atom is -0.496 e. The third kappa shape index (κ3) is 6.56. The van der Waals surface area contributed by atoms with Gasteiger partial charge < -0.3 is 25.6 Å². The number of nitrogens with one attached hydrogen (secondary N) is 2. The molecule has 0 amide bonds. The van der Waals surface area contributed by atoms with Crippen molar-refractivity contribution in [3.05, 3.63) is 57.6 Å². The summed E-state index contributed by atoms with van der Waals surface area (Å²) in [5, 5.41) is 26.7. The fourth-order valence-electron chi connectivity index (χ4n) is 2.70. The van der Waals surface area contributed by atoms with Gasteiger partial charge in [0.1, 0.15) is 5.75 Å². The average molecular weight is 427 g/mol. The first-order chi connectivity index (χ1) is 13.3. The van der Waals surface area contributed by atoms with Crippen LogP contribution < -0.4 is 15.4 Å². The zero-order chi connectivity index (χ0) is 20.7. The SMILES string of the molecule is COc1cc(NC[C@@H](C)NC[C@H](O)c2cccc(Cl)c2)c(Cl)cc1CC(=O)O. The molecule has 0 saturated heterocycles. The first-order valence-electron chi connectivity index (χ1n) is 8.79. The van der Waals surface area contributed by atoms with Crippen molar-refractivity contribution in [3.63, 3.8) is 0 Å². The Morgan fingerprint density at radius 3 is 2.61 bits per heavy atom. The van der Waals surface area contributed by atoms with Crippen LogP contribution in [0.2, 0.25) is 10.0 Å². The Morgan fingerprint density at radius 1 is 1.21 bits per heavy atom. The number of hydrogen-bond donors (Lipinski definition) is 4. The van der Waals surface area contributed by atoms with Gasteiger partial charge in [-0.25, -0.2) is 0 Å². The van der Waals surface area contributed by atoms with Crippen molar-refractivity contribution in [3.8, 4) is 5.75 Å². The van der Waals surface area contributed by atoms with Gasteiger partial charge >= 0.3 is 5.97 Å². The van der Waals surface area contributed by atoms with E-state index in [0.29, 0.717) is 40.1 Å². The molecule has 0 fully saturated rings. The quantitative estimate of drug-likeness (QED) is 0.462. The molecule has 0 spiro atoms. The summed E-state index contributed by atoms with van der Waals surface area (Å²) in [5.74, 6) is -0.488. The van der Waals surface area contributed by atoms with Gasteiger partial charge in [-0.3, -0.25) is 4.79 Å². The van der Waals surface area contributed by atoms with Gasteiger partial charge in [-0.15, -0.1) is 0 Å². The van der Waals surface area contributed by atoms with E-state index in [4.69, 9.17) is 33.0 Å². The molecular formula is C20H24Cl2N2O4. The molecule has 0 radical (unpaired) electrons. The monoisotopic (exact) mass is 426 g/mol. The minimum atomic E-state index is -0.953. The van der Waals surface area contributed by atoms with Crippen LogP contribution in [0.15, 0.2) is 36.4 Å². The van der Waals surface area contributed by atoms with Gasteiger partial charge in [-0.2, -0.15) is 0 Å². The van der Waals surface area contributed by atoms with Crippen LogP contribution in [-0.2, 0) is 11.2 Å². The molecule has 0 bridgehead atoms. The Labute approximate surface area is 174 Å². The van der Waals surface area contributed by atoms with Gasteiger partial charge in [-0.05, 0) is 30.7 Å². The van der Waals surface area contributed by atoms with Gasteiger partial charge in [0.25, 0.3) is 0 Å². The van der Waals surface area contributed by atoms with Crippen molar-refractivity contribution in [2.45, 2.75) is 25.5 Å². The maximum Gasteiger partial charge on any atom is 0.307 e. The van der Waals surface area contributed by atoms with Crippen LogP contribution in [0.25, 0.3) is 0 Å². The van der Waals surface area contributed by atoms with E-state index in [9.17, 15) is 9.90 Å². The number of methoxy groups -OCH3 is 1. The van der Waals surface area contributed by atoms with Crippen LogP contribution in [0.1, 0.15) is 24.2 Å². The zero-order valence-corrected chi connectivity index (χ0v) is 17.2. The molecule has 0 aliphatic heterocycles. The average Bonchev–Trinajstić information content (AvgIpc) is 2.65. The van der Waals surface area contributed by atoms with E-state index < -0.39 is 12.1 Å². The van der Waals surface area contributed by atoms with Gasteiger partial charge in [0.15, 0.2) is 0 Å². The Hall–Kier alpha value is -1.99. The number of aliphatic hydroxyl groups excluding tert-OH is 1. The Bertz CT molecular complexity index is 817. The number of rotatable bonds is 10. The molecule has 28 heavy (non-hydrogen) atoms. The molecule has 2 aromatic rings. The maximum atomic E-state index is 10.9. The summed E-state index contributed by atoms with van der Waals surface area (Å²) in [5.41, 5.74) is 1.92. The number of carboxylic acids is 1. The minimum absolute atomic E-state index is 0.0367. The van der Waals surface area contributed by atoms with E-state index in [1.54, 1.807) is 30.3 Å². The number of aliphatic carboxylic acids is 1. The van der Waals surface area contributed by atoms with Crippen LogP contribution in [0.4, 0.5) is 5.69 Å². The van der Waals surface area contributed by atoms with E-state index in [2.05, 4.69) is 10.6 Å². The third-order valence-corrected chi connectivity index (χ3v) is 4.75. The van der Waals surface area contributed by atoms with Crippen LogP contribution >= 0.6 is 23.2 Å². The van der Waals surface area contributed by atoms with Crippen molar-refractivity contribution in [1.82, 2.24) is 5.32 Å². The van der Waals surface area contributed by atoms with E-state index >= 15 is 0 Å². The highest BCUT2D eigenvalue weighted by molar-refractivity contribution is 6.33. The molecule has 152 valence electrons. The van der Waals surface area contributed by atoms with Crippen molar-refractivity contribution >= 4 is 34.9 Å². The number of aliphatic hydroxyl groups is 1. The number of carbonyl (C=O) groups is 1. The Kier molecular flexibility index (Phi) is 8.38. The third-order valence-electron chi connectivity index (χ3n) is 4.20. The van der Waals surface area contributed by atoms with Gasteiger partial charge in [0.2, 0.25) is 0 Å². The normalized spacial score (nSPS) is 13.0. The van der Waals surface area contributed by atoms with Crippen LogP contribution in [0.3, 0.4) is 0 Å². The molecule has 0 aliphatic carbocycles. The summed E-state index contributed by atoms with van der Waals surface area (Å²) in [6, 6.07) is 10.4. The lowest BCUT2D eigenvalue weighted by molar-refractivity contribution is -0.136. The Morgan fingerprint density at radius 2 is 1.96 bits per heavy atom. The summed E-state index contributed by atoms with van der Waals surface area (Å²) in [7, 11) is 1.49. The topological polar surface area (TPSA) is 90.8 Å². The predicted molar refractivity (Wildman–Crippen MR) is 112 cm³/mol. The van der Waals surface area contributed by atoms with Crippen molar-refractivity contribution < 1.29 is 19.7 Å². The molecule has 0 unspecified atom stereocenters. The smallest absolute Gasteiger partial charge is 0.307 e. The lowest BCUT2D eigenvalue weighted by Gasteiger charge is -2.20.